The summed E-state index contributed by atoms with van der Waals surface area (Å²) in [5.41, 5.74) is 3.96. The van der Waals surface area contributed by atoms with Crippen LogP contribution in [0, 0.1) is 19.8 Å². The summed E-state index contributed by atoms with van der Waals surface area (Å²) in [5.74, 6) is 1.97. The third kappa shape index (κ3) is 4.23. The Morgan fingerprint density at radius 3 is 2.52 bits per heavy atom. The van der Waals surface area contributed by atoms with Crippen LogP contribution in [0.4, 0.5) is 0 Å². The fourth-order valence-corrected chi connectivity index (χ4v) is 3.87. The number of benzene rings is 1. The van der Waals surface area contributed by atoms with Gasteiger partial charge in [0, 0.05) is 11.6 Å². The van der Waals surface area contributed by atoms with Crippen LogP contribution in [0.5, 0.6) is 5.75 Å². The van der Waals surface area contributed by atoms with E-state index in [2.05, 4.69) is 38.3 Å². The molecule has 1 N–H and O–H groups in total. The normalized spacial score (nSPS) is 17.7. The van der Waals surface area contributed by atoms with Gasteiger partial charge in [0.15, 0.2) is 0 Å². The van der Waals surface area contributed by atoms with Crippen LogP contribution >= 0.6 is 0 Å². The summed E-state index contributed by atoms with van der Waals surface area (Å²) in [6.07, 6.45) is 9.71. The van der Waals surface area contributed by atoms with Crippen LogP contribution in [-0.4, -0.2) is 14.2 Å². The van der Waals surface area contributed by atoms with Gasteiger partial charge >= 0.3 is 0 Å². The minimum Gasteiger partial charge on any atom is -0.496 e. The van der Waals surface area contributed by atoms with Gasteiger partial charge < -0.3 is 10.1 Å². The zero-order valence-electron chi connectivity index (χ0n) is 14.2. The van der Waals surface area contributed by atoms with Crippen LogP contribution < -0.4 is 10.1 Å². The van der Waals surface area contributed by atoms with Crippen molar-refractivity contribution in [2.45, 2.75) is 64.8 Å². The molecule has 118 valence electrons. The maximum atomic E-state index is 5.64. The zero-order chi connectivity index (χ0) is 15.2. The molecule has 1 atom stereocenters. The van der Waals surface area contributed by atoms with Gasteiger partial charge in [0.1, 0.15) is 5.75 Å². The Labute approximate surface area is 130 Å². The average Bonchev–Trinajstić information content (AvgIpc) is 2.50. The van der Waals surface area contributed by atoms with Crippen molar-refractivity contribution < 1.29 is 4.74 Å². The fraction of sp³-hybridized carbons (Fsp3) is 0.684. The van der Waals surface area contributed by atoms with Gasteiger partial charge in [-0.15, -0.1) is 0 Å². The Morgan fingerprint density at radius 1 is 1.19 bits per heavy atom. The predicted molar refractivity (Wildman–Crippen MR) is 90.1 cm³/mol. The van der Waals surface area contributed by atoms with E-state index in [1.165, 1.54) is 61.6 Å². The number of methoxy groups -OCH3 is 1. The van der Waals surface area contributed by atoms with E-state index in [-0.39, 0.29) is 0 Å². The first-order valence-corrected chi connectivity index (χ1v) is 8.48. The molecule has 1 aromatic rings. The van der Waals surface area contributed by atoms with E-state index in [1.807, 2.05) is 0 Å². The van der Waals surface area contributed by atoms with Gasteiger partial charge in [0.2, 0.25) is 0 Å². The summed E-state index contributed by atoms with van der Waals surface area (Å²) in [5, 5.41) is 3.51. The quantitative estimate of drug-likeness (QED) is 0.801. The maximum absolute atomic E-state index is 5.64. The topological polar surface area (TPSA) is 21.3 Å². The van der Waals surface area contributed by atoms with E-state index in [1.54, 1.807) is 7.11 Å². The molecule has 0 aromatic heterocycles. The Kier molecular flexibility index (Phi) is 6.10. The molecule has 1 aromatic carbocycles. The van der Waals surface area contributed by atoms with Gasteiger partial charge in [-0.1, -0.05) is 38.2 Å². The lowest BCUT2D eigenvalue weighted by Gasteiger charge is -2.26. The monoisotopic (exact) mass is 289 g/mol. The number of hydrogen-bond acceptors (Lipinski definition) is 2. The van der Waals surface area contributed by atoms with Crippen LogP contribution in [0.3, 0.4) is 0 Å². The molecule has 2 heteroatoms. The maximum Gasteiger partial charge on any atom is 0.124 e. The lowest BCUT2D eigenvalue weighted by Crippen LogP contribution is -2.20. The Bertz CT molecular complexity index is 449. The molecule has 0 aliphatic heterocycles. The molecule has 1 fully saturated rings. The van der Waals surface area contributed by atoms with Gasteiger partial charge in [0.05, 0.1) is 7.11 Å². The molecule has 0 heterocycles. The first kappa shape index (κ1) is 16.4. The molecular formula is C19H31NO. The molecule has 1 aliphatic rings. The van der Waals surface area contributed by atoms with Crippen molar-refractivity contribution in [3.05, 3.63) is 28.8 Å². The largest absolute Gasteiger partial charge is 0.496 e. The second-order valence-corrected chi connectivity index (χ2v) is 6.62. The van der Waals surface area contributed by atoms with E-state index >= 15 is 0 Å². The van der Waals surface area contributed by atoms with E-state index in [0.717, 1.165) is 11.7 Å². The summed E-state index contributed by atoms with van der Waals surface area (Å²) in [7, 11) is 3.86. The predicted octanol–water partition coefficient (Wildman–Crippen LogP) is 4.93. The highest BCUT2D eigenvalue weighted by Crippen LogP contribution is 2.35. The van der Waals surface area contributed by atoms with Crippen LogP contribution in [0.2, 0.25) is 0 Å². The minimum atomic E-state index is 0.405. The average molecular weight is 289 g/mol. The van der Waals surface area contributed by atoms with E-state index in [0.29, 0.717) is 6.04 Å². The van der Waals surface area contributed by atoms with E-state index < -0.39 is 0 Å². The second kappa shape index (κ2) is 7.84. The first-order chi connectivity index (χ1) is 10.2. The zero-order valence-corrected chi connectivity index (χ0v) is 14.2. The number of ether oxygens (including phenoxy) is 1. The van der Waals surface area contributed by atoms with Crippen LogP contribution in [0.25, 0.3) is 0 Å². The van der Waals surface area contributed by atoms with Crippen molar-refractivity contribution in [1.82, 2.24) is 5.32 Å². The molecule has 0 saturated heterocycles. The highest BCUT2D eigenvalue weighted by Gasteiger charge is 2.20. The van der Waals surface area contributed by atoms with Gasteiger partial charge in [0.25, 0.3) is 0 Å². The summed E-state index contributed by atoms with van der Waals surface area (Å²) >= 11 is 0. The van der Waals surface area contributed by atoms with Gasteiger partial charge in [-0.2, -0.15) is 0 Å². The van der Waals surface area contributed by atoms with Crippen LogP contribution in [0.1, 0.15) is 67.7 Å². The first-order valence-electron chi connectivity index (χ1n) is 8.48. The van der Waals surface area contributed by atoms with Crippen molar-refractivity contribution in [2.75, 3.05) is 14.2 Å². The molecule has 1 aliphatic carbocycles. The lowest BCUT2D eigenvalue weighted by atomic mass is 9.84. The molecule has 1 unspecified atom stereocenters. The Hall–Kier alpha value is -1.02. The van der Waals surface area contributed by atoms with Crippen molar-refractivity contribution in [2.24, 2.45) is 5.92 Å². The van der Waals surface area contributed by atoms with E-state index in [4.69, 9.17) is 4.74 Å². The standard InChI is InChI=1S/C19H31NO/c1-14-12-15(2)19(18(13-14)21-4)17(20-3)11-10-16-8-6-5-7-9-16/h12-13,16-17,20H,5-11H2,1-4H3. The van der Waals surface area contributed by atoms with Gasteiger partial charge in [-0.05, 0) is 56.8 Å². The lowest BCUT2D eigenvalue weighted by molar-refractivity contribution is 0.314. The summed E-state index contributed by atoms with van der Waals surface area (Å²) < 4.78 is 5.64. The number of aryl methyl sites for hydroxylation is 2. The Balaban J connectivity index is 2.09. The molecule has 0 radical (unpaired) electrons. The third-order valence-electron chi connectivity index (χ3n) is 5.00. The molecule has 2 nitrogen and oxygen atoms in total. The van der Waals surface area contributed by atoms with Crippen molar-refractivity contribution in [3.8, 4) is 5.75 Å². The van der Waals surface area contributed by atoms with E-state index in [9.17, 15) is 0 Å². The van der Waals surface area contributed by atoms with Crippen molar-refractivity contribution in [1.29, 1.82) is 0 Å². The SMILES string of the molecule is CNC(CCC1CCCCC1)c1c(C)cc(C)cc1OC. The van der Waals surface area contributed by atoms with Crippen LogP contribution in [-0.2, 0) is 0 Å². The number of nitrogens with one attached hydrogen (secondary N) is 1. The van der Waals surface area contributed by atoms with Crippen LogP contribution in [0.15, 0.2) is 12.1 Å². The minimum absolute atomic E-state index is 0.405. The molecule has 0 spiro atoms. The summed E-state index contributed by atoms with van der Waals surface area (Å²) in [6, 6.07) is 4.83. The third-order valence-corrected chi connectivity index (χ3v) is 5.00. The van der Waals surface area contributed by atoms with Gasteiger partial charge in [-0.3, -0.25) is 0 Å². The summed E-state index contributed by atoms with van der Waals surface area (Å²) in [6.45, 7) is 4.34. The second-order valence-electron chi connectivity index (χ2n) is 6.62. The van der Waals surface area contributed by atoms with Gasteiger partial charge in [-0.25, -0.2) is 0 Å². The van der Waals surface area contributed by atoms with Crippen molar-refractivity contribution in [3.63, 3.8) is 0 Å². The number of hydrogen-bond donors (Lipinski definition) is 1. The van der Waals surface area contributed by atoms with Crippen molar-refractivity contribution >= 4 is 0 Å². The molecule has 21 heavy (non-hydrogen) atoms. The highest BCUT2D eigenvalue weighted by atomic mass is 16.5. The molecule has 1 saturated carbocycles. The number of rotatable bonds is 6. The Morgan fingerprint density at radius 2 is 1.90 bits per heavy atom. The fourth-order valence-electron chi connectivity index (χ4n) is 3.87. The highest BCUT2D eigenvalue weighted by molar-refractivity contribution is 5.45. The molecule has 0 bridgehead atoms. The smallest absolute Gasteiger partial charge is 0.124 e. The molecule has 0 amide bonds. The molecular weight excluding hydrogens is 258 g/mol. The molecule has 2 rings (SSSR count). The summed E-state index contributed by atoms with van der Waals surface area (Å²) in [4.78, 5) is 0.